The minimum absolute atomic E-state index is 0.142. The fourth-order valence-electron chi connectivity index (χ4n) is 1.41. The molecule has 2 aromatic rings. The average molecular weight is 230 g/mol. The largest absolute Gasteiger partial charge is 0.494 e. The highest BCUT2D eigenvalue weighted by Gasteiger charge is 2.09. The molecule has 0 amide bonds. The van der Waals surface area contributed by atoms with Gasteiger partial charge < -0.3 is 9.84 Å². The lowest BCUT2D eigenvalue weighted by atomic mass is 10.2. The summed E-state index contributed by atoms with van der Waals surface area (Å²) < 4.78 is 5.16. The van der Waals surface area contributed by atoms with E-state index in [1.165, 1.54) is 12.3 Å². The molecule has 0 saturated carbocycles. The summed E-state index contributed by atoms with van der Waals surface area (Å²) in [6.07, 6.45) is 2.93. The van der Waals surface area contributed by atoms with Gasteiger partial charge in [-0.05, 0) is 24.3 Å². The van der Waals surface area contributed by atoms with Gasteiger partial charge in [-0.15, -0.1) is 0 Å². The van der Waals surface area contributed by atoms with Crippen LogP contribution < -0.4 is 4.74 Å². The van der Waals surface area contributed by atoms with E-state index in [0.29, 0.717) is 17.1 Å². The van der Waals surface area contributed by atoms with Gasteiger partial charge in [-0.1, -0.05) is 0 Å². The lowest BCUT2D eigenvalue weighted by Crippen LogP contribution is -1.98. The van der Waals surface area contributed by atoms with Crippen LogP contribution in [0.3, 0.4) is 0 Å². The van der Waals surface area contributed by atoms with Crippen LogP contribution in [-0.2, 0) is 0 Å². The zero-order valence-corrected chi connectivity index (χ0v) is 9.12. The van der Waals surface area contributed by atoms with E-state index in [-0.39, 0.29) is 5.56 Å². The molecular formula is C12H10N2O3. The van der Waals surface area contributed by atoms with E-state index < -0.39 is 5.97 Å². The number of rotatable bonds is 3. The van der Waals surface area contributed by atoms with Gasteiger partial charge in [-0.2, -0.15) is 0 Å². The van der Waals surface area contributed by atoms with Gasteiger partial charge in [0.15, 0.2) is 0 Å². The summed E-state index contributed by atoms with van der Waals surface area (Å²) >= 11 is 0. The number of aromatic nitrogens is 2. The number of carbonyl (C=O) groups is 1. The Morgan fingerprint density at radius 2 is 2.12 bits per heavy atom. The second-order valence-electron chi connectivity index (χ2n) is 3.29. The monoisotopic (exact) mass is 230 g/mol. The molecule has 17 heavy (non-hydrogen) atoms. The smallest absolute Gasteiger partial charge is 0.337 e. The minimum atomic E-state index is -1.00. The van der Waals surface area contributed by atoms with Crippen LogP contribution in [0, 0.1) is 0 Å². The Bertz CT molecular complexity index is 538. The van der Waals surface area contributed by atoms with Crippen molar-refractivity contribution in [1.82, 2.24) is 9.97 Å². The van der Waals surface area contributed by atoms with Crippen molar-refractivity contribution >= 4 is 5.97 Å². The van der Waals surface area contributed by atoms with E-state index >= 15 is 0 Å². The number of ether oxygens (including phenoxy) is 1. The number of carboxylic acid groups (broad SMARTS) is 1. The highest BCUT2D eigenvalue weighted by molar-refractivity contribution is 5.87. The third-order valence-electron chi connectivity index (χ3n) is 2.24. The number of hydrogen-bond donors (Lipinski definition) is 1. The van der Waals surface area contributed by atoms with Crippen LogP contribution in [-0.4, -0.2) is 28.2 Å². The number of pyridine rings is 2. The molecule has 0 fully saturated rings. The first kappa shape index (κ1) is 11.1. The van der Waals surface area contributed by atoms with Gasteiger partial charge in [-0.3, -0.25) is 9.97 Å². The van der Waals surface area contributed by atoms with Crippen molar-refractivity contribution in [3.8, 4) is 17.1 Å². The summed E-state index contributed by atoms with van der Waals surface area (Å²) in [6, 6.07) is 6.62. The molecule has 0 radical (unpaired) electrons. The molecule has 2 aromatic heterocycles. The minimum Gasteiger partial charge on any atom is -0.494 e. The molecule has 0 spiro atoms. The third kappa shape index (κ3) is 2.23. The zero-order valence-electron chi connectivity index (χ0n) is 9.12. The molecular weight excluding hydrogens is 220 g/mol. The summed E-state index contributed by atoms with van der Waals surface area (Å²) in [6.45, 7) is 0. The summed E-state index contributed by atoms with van der Waals surface area (Å²) in [7, 11) is 1.55. The Kier molecular flexibility index (Phi) is 3.00. The molecule has 2 rings (SSSR count). The van der Waals surface area contributed by atoms with Crippen molar-refractivity contribution in [3.05, 3.63) is 42.2 Å². The van der Waals surface area contributed by atoms with Crippen LogP contribution in [0.5, 0.6) is 5.75 Å². The van der Waals surface area contributed by atoms with E-state index in [0.717, 1.165) is 0 Å². The Hall–Kier alpha value is -2.43. The topological polar surface area (TPSA) is 72.3 Å². The second kappa shape index (κ2) is 4.61. The molecule has 0 bridgehead atoms. The standard InChI is InChI=1S/C12H10N2O3/c1-17-10-3-2-6-13-11(10)9-5-4-8(7-14-9)12(15)16/h2-7H,1H3,(H,15,16). The van der Waals surface area contributed by atoms with Crippen molar-refractivity contribution in [3.63, 3.8) is 0 Å². The number of hydrogen-bond acceptors (Lipinski definition) is 4. The van der Waals surface area contributed by atoms with Crippen molar-refractivity contribution in [2.24, 2.45) is 0 Å². The fourth-order valence-corrected chi connectivity index (χ4v) is 1.41. The van der Waals surface area contributed by atoms with Crippen LogP contribution in [0.4, 0.5) is 0 Å². The summed E-state index contributed by atoms with van der Waals surface area (Å²) in [4.78, 5) is 18.9. The van der Waals surface area contributed by atoms with Crippen LogP contribution >= 0.6 is 0 Å². The first-order chi connectivity index (χ1) is 8.22. The molecule has 2 heterocycles. The van der Waals surface area contributed by atoms with Crippen molar-refractivity contribution in [2.45, 2.75) is 0 Å². The van der Waals surface area contributed by atoms with Crippen molar-refractivity contribution in [2.75, 3.05) is 7.11 Å². The lowest BCUT2D eigenvalue weighted by Gasteiger charge is -2.06. The number of aromatic carboxylic acids is 1. The summed E-state index contributed by atoms with van der Waals surface area (Å²) in [5, 5.41) is 8.77. The maximum absolute atomic E-state index is 10.7. The molecule has 0 aliphatic rings. The van der Waals surface area contributed by atoms with E-state index in [9.17, 15) is 4.79 Å². The predicted molar refractivity (Wildman–Crippen MR) is 61.0 cm³/mol. The Labute approximate surface area is 97.7 Å². The molecule has 0 aliphatic heterocycles. The van der Waals surface area contributed by atoms with Gasteiger partial charge in [0.25, 0.3) is 0 Å². The number of methoxy groups -OCH3 is 1. The maximum Gasteiger partial charge on any atom is 0.337 e. The van der Waals surface area contributed by atoms with Crippen LogP contribution in [0.1, 0.15) is 10.4 Å². The molecule has 1 N–H and O–H groups in total. The molecule has 0 saturated heterocycles. The highest BCUT2D eigenvalue weighted by atomic mass is 16.5. The van der Waals surface area contributed by atoms with Crippen molar-refractivity contribution in [1.29, 1.82) is 0 Å². The van der Waals surface area contributed by atoms with Gasteiger partial charge in [-0.25, -0.2) is 4.79 Å². The molecule has 0 unspecified atom stereocenters. The first-order valence-corrected chi connectivity index (χ1v) is 4.91. The third-order valence-corrected chi connectivity index (χ3v) is 2.24. The number of nitrogens with zero attached hydrogens (tertiary/aromatic N) is 2. The van der Waals surface area contributed by atoms with Crippen LogP contribution in [0.15, 0.2) is 36.7 Å². The summed E-state index contributed by atoms with van der Waals surface area (Å²) in [5.41, 5.74) is 1.31. The van der Waals surface area contributed by atoms with Gasteiger partial charge in [0.05, 0.1) is 18.4 Å². The second-order valence-corrected chi connectivity index (χ2v) is 3.29. The highest BCUT2D eigenvalue weighted by Crippen LogP contribution is 2.25. The zero-order chi connectivity index (χ0) is 12.3. The normalized spacial score (nSPS) is 9.94. The van der Waals surface area contributed by atoms with Gasteiger partial charge in [0.1, 0.15) is 11.4 Å². The molecule has 86 valence electrons. The fraction of sp³-hybridized carbons (Fsp3) is 0.0833. The SMILES string of the molecule is COc1cccnc1-c1ccc(C(=O)O)cn1. The Morgan fingerprint density at radius 3 is 2.71 bits per heavy atom. The molecule has 0 atom stereocenters. The average Bonchev–Trinajstić information content (AvgIpc) is 2.39. The summed E-state index contributed by atoms with van der Waals surface area (Å²) in [5.74, 6) is -0.403. The van der Waals surface area contributed by atoms with Gasteiger partial charge >= 0.3 is 5.97 Å². The quantitative estimate of drug-likeness (QED) is 0.871. The van der Waals surface area contributed by atoms with Gasteiger partial charge in [0, 0.05) is 12.4 Å². The van der Waals surface area contributed by atoms with E-state index in [1.807, 2.05) is 0 Å². The van der Waals surface area contributed by atoms with Crippen LogP contribution in [0.2, 0.25) is 0 Å². The van der Waals surface area contributed by atoms with E-state index in [4.69, 9.17) is 9.84 Å². The maximum atomic E-state index is 10.7. The van der Waals surface area contributed by atoms with Crippen LogP contribution in [0.25, 0.3) is 11.4 Å². The molecule has 0 aliphatic carbocycles. The van der Waals surface area contributed by atoms with E-state index in [2.05, 4.69) is 9.97 Å². The van der Waals surface area contributed by atoms with Crippen molar-refractivity contribution < 1.29 is 14.6 Å². The molecule has 0 aromatic carbocycles. The number of carboxylic acids is 1. The predicted octanol–water partition coefficient (Wildman–Crippen LogP) is 1.85. The lowest BCUT2D eigenvalue weighted by molar-refractivity contribution is 0.0696. The Balaban J connectivity index is 2.43. The van der Waals surface area contributed by atoms with Gasteiger partial charge in [0.2, 0.25) is 0 Å². The molecule has 5 heteroatoms. The first-order valence-electron chi connectivity index (χ1n) is 4.91. The molecule has 5 nitrogen and oxygen atoms in total. The Morgan fingerprint density at radius 1 is 1.29 bits per heavy atom. The van der Waals surface area contributed by atoms with E-state index in [1.54, 1.807) is 31.5 Å².